The van der Waals surface area contributed by atoms with Gasteiger partial charge < -0.3 is 19.5 Å². The highest BCUT2D eigenvalue weighted by atomic mass is 16.5. The van der Waals surface area contributed by atoms with Crippen molar-refractivity contribution in [1.29, 1.82) is 0 Å². The minimum atomic E-state index is 0.352. The molecular formula is C18H36N4O3. The molecule has 0 aliphatic rings. The van der Waals surface area contributed by atoms with Gasteiger partial charge in [-0.2, -0.15) is 0 Å². The van der Waals surface area contributed by atoms with E-state index in [0.717, 1.165) is 45.0 Å². The standard InChI is InChI=1S/C18H36N4O3/c1-17(2)25-11-7-5-4-6-8-19-9-12-23-14-15-24-13-10-22-16-18(3)20-21-22/h16-17,19H,4-15H2,1-3H3. The summed E-state index contributed by atoms with van der Waals surface area (Å²) in [5, 5.41) is 11.3. The molecule has 1 aromatic rings. The van der Waals surface area contributed by atoms with Crippen LogP contribution in [0.1, 0.15) is 45.2 Å². The first kappa shape index (κ1) is 22.0. The Labute approximate surface area is 152 Å². The Balaban J connectivity index is 1.70. The van der Waals surface area contributed by atoms with Crippen LogP contribution in [-0.2, 0) is 20.8 Å². The van der Waals surface area contributed by atoms with Crippen molar-refractivity contribution in [3.05, 3.63) is 11.9 Å². The minimum Gasteiger partial charge on any atom is -0.379 e. The van der Waals surface area contributed by atoms with Gasteiger partial charge in [0.2, 0.25) is 0 Å². The molecule has 1 rings (SSSR count). The van der Waals surface area contributed by atoms with Crippen LogP contribution in [0.25, 0.3) is 0 Å². The Kier molecular flexibility index (Phi) is 13.4. The van der Waals surface area contributed by atoms with Gasteiger partial charge in [0.1, 0.15) is 0 Å². The number of unbranched alkanes of at least 4 members (excludes halogenated alkanes) is 3. The molecular weight excluding hydrogens is 320 g/mol. The van der Waals surface area contributed by atoms with E-state index in [-0.39, 0.29) is 0 Å². The van der Waals surface area contributed by atoms with Gasteiger partial charge in [-0.15, -0.1) is 5.10 Å². The minimum absolute atomic E-state index is 0.352. The van der Waals surface area contributed by atoms with Crippen molar-refractivity contribution >= 4 is 0 Å². The lowest BCUT2D eigenvalue weighted by molar-refractivity contribution is 0.0449. The number of hydrogen-bond acceptors (Lipinski definition) is 6. The van der Waals surface area contributed by atoms with E-state index in [2.05, 4.69) is 29.5 Å². The molecule has 1 N–H and O–H groups in total. The van der Waals surface area contributed by atoms with E-state index >= 15 is 0 Å². The van der Waals surface area contributed by atoms with Gasteiger partial charge in [0.05, 0.1) is 44.8 Å². The van der Waals surface area contributed by atoms with E-state index < -0.39 is 0 Å². The van der Waals surface area contributed by atoms with E-state index in [9.17, 15) is 0 Å². The molecule has 0 amide bonds. The van der Waals surface area contributed by atoms with Crippen LogP contribution in [-0.4, -0.2) is 67.2 Å². The summed E-state index contributed by atoms with van der Waals surface area (Å²) >= 11 is 0. The fraction of sp³-hybridized carbons (Fsp3) is 0.889. The van der Waals surface area contributed by atoms with Gasteiger partial charge in [-0.05, 0) is 40.2 Å². The topological polar surface area (TPSA) is 70.4 Å². The lowest BCUT2D eigenvalue weighted by Gasteiger charge is -2.08. The highest BCUT2D eigenvalue weighted by Gasteiger charge is 1.96. The summed E-state index contributed by atoms with van der Waals surface area (Å²) in [6, 6.07) is 0. The Hall–Kier alpha value is -1.02. The van der Waals surface area contributed by atoms with Crippen LogP contribution in [0.2, 0.25) is 0 Å². The Bertz CT molecular complexity index is 413. The largest absolute Gasteiger partial charge is 0.379 e. The van der Waals surface area contributed by atoms with Crippen LogP contribution >= 0.6 is 0 Å². The van der Waals surface area contributed by atoms with Crippen LogP contribution in [0.5, 0.6) is 0 Å². The molecule has 0 spiro atoms. The molecule has 0 radical (unpaired) electrons. The second-order valence-corrected chi connectivity index (χ2v) is 6.43. The zero-order valence-corrected chi connectivity index (χ0v) is 16.2. The van der Waals surface area contributed by atoms with Gasteiger partial charge in [0, 0.05) is 19.3 Å². The molecule has 0 saturated heterocycles. The van der Waals surface area contributed by atoms with Crippen molar-refractivity contribution in [3.63, 3.8) is 0 Å². The summed E-state index contributed by atoms with van der Waals surface area (Å²) in [6.45, 7) is 12.3. The number of aromatic nitrogens is 3. The van der Waals surface area contributed by atoms with Crippen LogP contribution in [0.4, 0.5) is 0 Å². The maximum Gasteiger partial charge on any atom is 0.0796 e. The van der Waals surface area contributed by atoms with E-state index in [1.807, 2.05) is 13.1 Å². The normalized spacial score (nSPS) is 11.5. The number of nitrogens with one attached hydrogen (secondary N) is 1. The van der Waals surface area contributed by atoms with Crippen LogP contribution in [0.3, 0.4) is 0 Å². The van der Waals surface area contributed by atoms with Gasteiger partial charge in [-0.25, -0.2) is 4.68 Å². The summed E-state index contributed by atoms with van der Waals surface area (Å²) in [5.41, 5.74) is 0.927. The SMILES string of the molecule is Cc1cn(CCOCCOCCNCCCCCCOC(C)C)nn1. The molecule has 7 nitrogen and oxygen atoms in total. The van der Waals surface area contributed by atoms with Crippen LogP contribution < -0.4 is 5.32 Å². The van der Waals surface area contributed by atoms with Crippen molar-refractivity contribution in [2.24, 2.45) is 0 Å². The summed E-state index contributed by atoms with van der Waals surface area (Å²) in [6.07, 6.45) is 7.14. The van der Waals surface area contributed by atoms with Gasteiger partial charge in [-0.3, -0.25) is 0 Å². The number of rotatable bonds is 17. The van der Waals surface area contributed by atoms with Gasteiger partial charge in [0.25, 0.3) is 0 Å². The molecule has 0 unspecified atom stereocenters. The second-order valence-electron chi connectivity index (χ2n) is 6.43. The molecule has 0 fully saturated rings. The maximum atomic E-state index is 5.53. The molecule has 0 saturated carbocycles. The van der Waals surface area contributed by atoms with Gasteiger partial charge >= 0.3 is 0 Å². The number of aryl methyl sites for hydroxylation is 1. The van der Waals surface area contributed by atoms with Crippen LogP contribution in [0.15, 0.2) is 6.20 Å². The Morgan fingerprint density at radius 2 is 1.72 bits per heavy atom. The molecule has 7 heteroatoms. The van der Waals surface area contributed by atoms with Gasteiger partial charge in [-0.1, -0.05) is 18.1 Å². The Morgan fingerprint density at radius 3 is 2.44 bits per heavy atom. The average Bonchev–Trinajstić information content (AvgIpc) is 2.99. The predicted molar refractivity (Wildman–Crippen MR) is 98.8 cm³/mol. The molecule has 0 aromatic carbocycles. The predicted octanol–water partition coefficient (Wildman–Crippen LogP) is 2.19. The van der Waals surface area contributed by atoms with E-state index in [1.54, 1.807) is 4.68 Å². The first-order valence-electron chi connectivity index (χ1n) is 9.53. The first-order valence-corrected chi connectivity index (χ1v) is 9.53. The number of ether oxygens (including phenoxy) is 3. The van der Waals surface area contributed by atoms with Crippen molar-refractivity contribution < 1.29 is 14.2 Å². The lowest BCUT2D eigenvalue weighted by Crippen LogP contribution is -2.22. The fourth-order valence-electron chi connectivity index (χ4n) is 2.28. The summed E-state index contributed by atoms with van der Waals surface area (Å²) < 4.78 is 18.4. The monoisotopic (exact) mass is 356 g/mol. The van der Waals surface area contributed by atoms with Crippen molar-refractivity contribution in [2.75, 3.05) is 46.1 Å². The lowest BCUT2D eigenvalue weighted by atomic mass is 10.2. The molecule has 25 heavy (non-hydrogen) atoms. The molecule has 0 atom stereocenters. The quantitative estimate of drug-likeness (QED) is 0.432. The van der Waals surface area contributed by atoms with E-state index in [0.29, 0.717) is 25.9 Å². The van der Waals surface area contributed by atoms with Crippen molar-refractivity contribution in [3.8, 4) is 0 Å². The zero-order chi connectivity index (χ0) is 18.2. The highest BCUT2D eigenvalue weighted by molar-refractivity contribution is 4.86. The molecule has 0 bridgehead atoms. The molecule has 0 aliphatic carbocycles. The van der Waals surface area contributed by atoms with Gasteiger partial charge in [0.15, 0.2) is 0 Å². The van der Waals surface area contributed by atoms with Crippen molar-refractivity contribution in [1.82, 2.24) is 20.3 Å². The smallest absolute Gasteiger partial charge is 0.0796 e. The molecule has 1 heterocycles. The van der Waals surface area contributed by atoms with E-state index in [1.165, 1.54) is 19.3 Å². The number of hydrogen-bond donors (Lipinski definition) is 1. The molecule has 0 aliphatic heterocycles. The Morgan fingerprint density at radius 1 is 0.960 bits per heavy atom. The molecule has 1 aromatic heterocycles. The average molecular weight is 357 g/mol. The third kappa shape index (κ3) is 13.9. The first-order chi connectivity index (χ1) is 12.2. The third-order valence-corrected chi connectivity index (χ3v) is 3.61. The fourth-order valence-corrected chi connectivity index (χ4v) is 2.28. The third-order valence-electron chi connectivity index (χ3n) is 3.61. The van der Waals surface area contributed by atoms with Crippen LogP contribution in [0, 0.1) is 6.92 Å². The highest BCUT2D eigenvalue weighted by Crippen LogP contribution is 2.00. The second kappa shape index (κ2) is 15.3. The van der Waals surface area contributed by atoms with Crippen molar-refractivity contribution in [2.45, 2.75) is 59.1 Å². The maximum absolute atomic E-state index is 5.53. The number of nitrogens with zero attached hydrogens (tertiary/aromatic N) is 3. The molecule has 146 valence electrons. The summed E-state index contributed by atoms with van der Waals surface area (Å²) in [7, 11) is 0. The zero-order valence-electron chi connectivity index (χ0n) is 16.2. The summed E-state index contributed by atoms with van der Waals surface area (Å²) in [5.74, 6) is 0. The van der Waals surface area contributed by atoms with E-state index in [4.69, 9.17) is 14.2 Å². The summed E-state index contributed by atoms with van der Waals surface area (Å²) in [4.78, 5) is 0.